The minimum atomic E-state index is -1.06. The van der Waals surface area contributed by atoms with E-state index < -0.39 is 5.97 Å². The summed E-state index contributed by atoms with van der Waals surface area (Å²) in [4.78, 5) is 33.3. The number of carbonyl (C=O) groups is 1. The highest BCUT2D eigenvalue weighted by atomic mass is 32.2. The molecule has 0 saturated heterocycles. The second-order valence-electron chi connectivity index (χ2n) is 3.65. The van der Waals surface area contributed by atoms with Crippen LogP contribution in [0.1, 0.15) is 23.1 Å². The highest BCUT2D eigenvalue weighted by Gasteiger charge is 2.13. The molecule has 0 aromatic carbocycles. The van der Waals surface area contributed by atoms with Crippen molar-refractivity contribution in [1.82, 2.24) is 15.0 Å². The SMILES string of the molecule is CCc1nc(Sc2ncccc2C(=O)O)cc(=O)[nH]1. The summed E-state index contributed by atoms with van der Waals surface area (Å²) in [5.41, 5.74) is -0.171. The van der Waals surface area contributed by atoms with Crippen LogP contribution in [-0.2, 0) is 6.42 Å². The van der Waals surface area contributed by atoms with E-state index >= 15 is 0 Å². The standard InChI is InChI=1S/C12H11N3O3S/c1-2-8-14-9(16)6-10(15-8)19-11-7(12(17)18)4-3-5-13-11/h3-6H,2H2,1H3,(H,17,18)(H,14,15,16). The Hall–Kier alpha value is -2.15. The molecular formula is C12H11N3O3S. The summed E-state index contributed by atoms with van der Waals surface area (Å²) in [5.74, 6) is -0.501. The lowest BCUT2D eigenvalue weighted by molar-refractivity contribution is 0.0692. The van der Waals surface area contributed by atoms with E-state index in [-0.39, 0.29) is 11.1 Å². The first-order valence-corrected chi connectivity index (χ1v) is 6.38. The lowest BCUT2D eigenvalue weighted by Gasteiger charge is -2.04. The monoisotopic (exact) mass is 277 g/mol. The van der Waals surface area contributed by atoms with Gasteiger partial charge >= 0.3 is 5.97 Å². The van der Waals surface area contributed by atoms with Gasteiger partial charge in [-0.3, -0.25) is 4.79 Å². The summed E-state index contributed by atoms with van der Waals surface area (Å²) in [6, 6.07) is 4.34. The smallest absolute Gasteiger partial charge is 0.338 e. The Morgan fingerprint density at radius 2 is 2.32 bits per heavy atom. The van der Waals surface area contributed by atoms with E-state index in [1.807, 2.05) is 6.92 Å². The Morgan fingerprint density at radius 1 is 1.53 bits per heavy atom. The van der Waals surface area contributed by atoms with Gasteiger partial charge in [0.2, 0.25) is 0 Å². The molecule has 19 heavy (non-hydrogen) atoms. The first-order chi connectivity index (χ1) is 9.10. The van der Waals surface area contributed by atoms with E-state index in [9.17, 15) is 9.59 Å². The maximum Gasteiger partial charge on any atom is 0.338 e. The number of rotatable bonds is 4. The van der Waals surface area contributed by atoms with Gasteiger partial charge < -0.3 is 10.1 Å². The zero-order chi connectivity index (χ0) is 13.8. The Balaban J connectivity index is 2.39. The van der Waals surface area contributed by atoms with Gasteiger partial charge in [-0.15, -0.1) is 0 Å². The number of carboxylic acid groups (broad SMARTS) is 1. The Labute approximate surface area is 112 Å². The molecule has 0 spiro atoms. The number of aromatic carboxylic acids is 1. The number of hydrogen-bond donors (Lipinski definition) is 2. The molecule has 2 N–H and O–H groups in total. The van der Waals surface area contributed by atoms with Crippen LogP contribution in [0.15, 0.2) is 39.2 Å². The molecule has 0 fully saturated rings. The third-order valence-corrected chi connectivity index (χ3v) is 3.24. The minimum absolute atomic E-state index is 0.0904. The fraction of sp³-hybridized carbons (Fsp3) is 0.167. The number of aromatic nitrogens is 3. The predicted octanol–water partition coefficient (Wildman–Crippen LogP) is 1.58. The van der Waals surface area contributed by atoms with Crippen molar-refractivity contribution in [2.75, 3.05) is 0 Å². The predicted molar refractivity (Wildman–Crippen MR) is 69.6 cm³/mol. The van der Waals surface area contributed by atoms with Crippen molar-refractivity contribution >= 4 is 17.7 Å². The van der Waals surface area contributed by atoms with Gasteiger partial charge in [-0.1, -0.05) is 6.92 Å². The summed E-state index contributed by atoms with van der Waals surface area (Å²) in [6.07, 6.45) is 2.10. The number of H-pyrrole nitrogens is 1. The summed E-state index contributed by atoms with van der Waals surface area (Å²) < 4.78 is 0. The fourth-order valence-corrected chi connectivity index (χ4v) is 2.34. The van der Waals surface area contributed by atoms with E-state index in [2.05, 4.69) is 15.0 Å². The maximum absolute atomic E-state index is 11.4. The molecule has 0 aliphatic rings. The molecule has 98 valence electrons. The lowest BCUT2D eigenvalue weighted by Crippen LogP contribution is -2.10. The van der Waals surface area contributed by atoms with Gasteiger partial charge in [0, 0.05) is 18.7 Å². The molecule has 0 saturated carbocycles. The molecule has 0 amide bonds. The van der Waals surface area contributed by atoms with E-state index in [4.69, 9.17) is 5.11 Å². The van der Waals surface area contributed by atoms with E-state index in [0.717, 1.165) is 11.8 Å². The summed E-state index contributed by atoms with van der Waals surface area (Å²) in [6.45, 7) is 1.87. The summed E-state index contributed by atoms with van der Waals surface area (Å²) in [5, 5.41) is 9.80. The van der Waals surface area contributed by atoms with Crippen LogP contribution in [0.4, 0.5) is 0 Å². The number of aromatic amines is 1. The number of nitrogens with one attached hydrogen (secondary N) is 1. The Kier molecular flexibility index (Phi) is 3.96. The normalized spacial score (nSPS) is 10.4. The number of nitrogens with zero attached hydrogens (tertiary/aromatic N) is 2. The zero-order valence-corrected chi connectivity index (χ0v) is 10.9. The van der Waals surface area contributed by atoms with Crippen LogP contribution in [0.5, 0.6) is 0 Å². The summed E-state index contributed by atoms with van der Waals surface area (Å²) >= 11 is 1.06. The van der Waals surface area contributed by atoms with Gasteiger partial charge in [-0.25, -0.2) is 14.8 Å². The van der Waals surface area contributed by atoms with Gasteiger partial charge in [0.25, 0.3) is 5.56 Å². The van der Waals surface area contributed by atoms with Gasteiger partial charge in [0.15, 0.2) is 0 Å². The molecule has 0 atom stereocenters. The molecule has 2 heterocycles. The van der Waals surface area contributed by atoms with Crippen molar-refractivity contribution in [3.63, 3.8) is 0 Å². The lowest BCUT2D eigenvalue weighted by atomic mass is 10.3. The number of carboxylic acids is 1. The zero-order valence-electron chi connectivity index (χ0n) is 10.1. The maximum atomic E-state index is 11.4. The molecule has 7 heteroatoms. The second-order valence-corrected chi connectivity index (χ2v) is 4.66. The molecule has 0 unspecified atom stereocenters. The van der Waals surface area contributed by atoms with Crippen molar-refractivity contribution in [2.45, 2.75) is 23.4 Å². The minimum Gasteiger partial charge on any atom is -0.478 e. The van der Waals surface area contributed by atoms with Crippen molar-refractivity contribution < 1.29 is 9.90 Å². The highest BCUT2D eigenvalue weighted by Crippen LogP contribution is 2.26. The van der Waals surface area contributed by atoms with Crippen LogP contribution in [-0.4, -0.2) is 26.0 Å². The number of hydrogen-bond acceptors (Lipinski definition) is 5. The molecule has 2 rings (SSSR count). The van der Waals surface area contributed by atoms with Crippen molar-refractivity contribution in [2.24, 2.45) is 0 Å². The molecule has 0 radical (unpaired) electrons. The van der Waals surface area contributed by atoms with E-state index in [0.29, 0.717) is 22.3 Å². The van der Waals surface area contributed by atoms with Gasteiger partial charge in [0.1, 0.15) is 15.9 Å². The quantitative estimate of drug-likeness (QED) is 0.824. The van der Waals surface area contributed by atoms with Crippen molar-refractivity contribution in [3.05, 3.63) is 46.1 Å². The molecule has 2 aromatic heterocycles. The van der Waals surface area contributed by atoms with Crippen LogP contribution in [0.2, 0.25) is 0 Å². The van der Waals surface area contributed by atoms with Crippen LogP contribution in [0.25, 0.3) is 0 Å². The third kappa shape index (κ3) is 3.19. The van der Waals surface area contributed by atoms with Gasteiger partial charge in [-0.2, -0.15) is 0 Å². The largest absolute Gasteiger partial charge is 0.478 e. The topological polar surface area (TPSA) is 95.9 Å². The molecule has 0 aliphatic carbocycles. The second kappa shape index (κ2) is 5.66. The van der Waals surface area contributed by atoms with Crippen LogP contribution in [0.3, 0.4) is 0 Å². The Bertz CT molecular complexity index is 669. The number of aryl methyl sites for hydroxylation is 1. The Morgan fingerprint density at radius 3 is 3.00 bits per heavy atom. The first kappa shape index (κ1) is 13.3. The van der Waals surface area contributed by atoms with Crippen LogP contribution >= 0.6 is 11.8 Å². The molecule has 6 nitrogen and oxygen atoms in total. The summed E-state index contributed by atoms with van der Waals surface area (Å²) in [7, 11) is 0. The average Bonchev–Trinajstić information content (AvgIpc) is 2.38. The van der Waals surface area contributed by atoms with Gasteiger partial charge in [-0.05, 0) is 23.9 Å². The molecule has 2 aromatic rings. The van der Waals surface area contributed by atoms with Crippen LogP contribution in [0, 0.1) is 0 Å². The van der Waals surface area contributed by atoms with Crippen LogP contribution < -0.4 is 5.56 Å². The third-order valence-electron chi connectivity index (χ3n) is 2.30. The molecule has 0 bridgehead atoms. The number of pyridine rings is 1. The van der Waals surface area contributed by atoms with Crippen molar-refractivity contribution in [1.29, 1.82) is 0 Å². The van der Waals surface area contributed by atoms with Gasteiger partial charge in [0.05, 0.1) is 5.56 Å². The average molecular weight is 277 g/mol. The van der Waals surface area contributed by atoms with E-state index in [1.54, 1.807) is 6.07 Å². The molecule has 0 aliphatic heterocycles. The highest BCUT2D eigenvalue weighted by molar-refractivity contribution is 7.99. The molecular weight excluding hydrogens is 266 g/mol. The first-order valence-electron chi connectivity index (χ1n) is 5.56. The van der Waals surface area contributed by atoms with E-state index in [1.165, 1.54) is 18.3 Å². The van der Waals surface area contributed by atoms with Crippen molar-refractivity contribution in [3.8, 4) is 0 Å². The fourth-order valence-electron chi connectivity index (χ4n) is 1.44.